The van der Waals surface area contributed by atoms with Crippen LogP contribution in [0, 0.1) is 0 Å². The summed E-state index contributed by atoms with van der Waals surface area (Å²) in [7, 11) is 2.25. The minimum absolute atomic E-state index is 0.745. The molecular formula is C10H20N2. The summed E-state index contributed by atoms with van der Waals surface area (Å²) in [4.78, 5) is 5.17. The third kappa shape index (κ3) is 1.50. The van der Waals surface area contributed by atoms with E-state index in [0.717, 1.165) is 18.1 Å². The van der Waals surface area contributed by atoms with Gasteiger partial charge in [0.15, 0.2) is 0 Å². The van der Waals surface area contributed by atoms with Gasteiger partial charge in [-0.3, -0.25) is 9.80 Å². The lowest BCUT2D eigenvalue weighted by Gasteiger charge is -2.42. The van der Waals surface area contributed by atoms with Gasteiger partial charge in [0, 0.05) is 31.2 Å². The molecule has 2 aliphatic rings. The van der Waals surface area contributed by atoms with Gasteiger partial charge in [-0.15, -0.1) is 0 Å². The number of piperazine rings is 1. The molecule has 2 heteroatoms. The Kier molecular flexibility index (Phi) is 2.13. The summed E-state index contributed by atoms with van der Waals surface area (Å²) in [5.41, 5.74) is 0. The van der Waals surface area contributed by atoms with Crippen molar-refractivity contribution in [2.75, 3.05) is 20.1 Å². The molecule has 1 saturated carbocycles. The van der Waals surface area contributed by atoms with Crippen LogP contribution in [0.1, 0.15) is 26.7 Å². The lowest BCUT2D eigenvalue weighted by molar-refractivity contribution is 0.0553. The van der Waals surface area contributed by atoms with Crippen LogP contribution in [0.15, 0.2) is 0 Å². The molecule has 0 bridgehead atoms. The van der Waals surface area contributed by atoms with Crippen molar-refractivity contribution in [2.45, 2.75) is 44.8 Å². The summed E-state index contributed by atoms with van der Waals surface area (Å²) in [5, 5.41) is 0. The molecule has 0 amide bonds. The fourth-order valence-electron chi connectivity index (χ4n) is 2.18. The smallest absolute Gasteiger partial charge is 0.0195 e. The Balaban J connectivity index is 1.94. The van der Waals surface area contributed by atoms with E-state index in [1.54, 1.807) is 0 Å². The van der Waals surface area contributed by atoms with Gasteiger partial charge in [-0.2, -0.15) is 0 Å². The highest BCUT2D eigenvalue weighted by molar-refractivity contribution is 4.92. The van der Waals surface area contributed by atoms with Gasteiger partial charge in [-0.05, 0) is 33.7 Å². The summed E-state index contributed by atoms with van der Waals surface area (Å²) >= 11 is 0. The first-order chi connectivity index (χ1) is 5.68. The first-order valence-corrected chi connectivity index (χ1v) is 5.14. The standard InChI is InChI=1S/C10H20N2/c1-8-6-12(10-4-5-10)7-9(2)11(8)3/h8-10H,4-7H2,1-3H3. The van der Waals surface area contributed by atoms with Gasteiger partial charge in [-0.1, -0.05) is 0 Å². The normalized spacial score (nSPS) is 40.2. The van der Waals surface area contributed by atoms with Crippen molar-refractivity contribution >= 4 is 0 Å². The van der Waals surface area contributed by atoms with Gasteiger partial charge in [0.1, 0.15) is 0 Å². The molecule has 70 valence electrons. The Morgan fingerprint density at radius 2 is 1.50 bits per heavy atom. The minimum atomic E-state index is 0.745. The fourth-order valence-corrected chi connectivity index (χ4v) is 2.18. The van der Waals surface area contributed by atoms with Crippen LogP contribution in [0.25, 0.3) is 0 Å². The van der Waals surface area contributed by atoms with E-state index in [1.165, 1.54) is 25.9 Å². The van der Waals surface area contributed by atoms with E-state index in [2.05, 4.69) is 30.7 Å². The fraction of sp³-hybridized carbons (Fsp3) is 1.00. The molecule has 0 spiro atoms. The maximum absolute atomic E-state index is 2.68. The Hall–Kier alpha value is -0.0800. The third-order valence-corrected chi connectivity index (χ3v) is 3.45. The molecule has 2 fully saturated rings. The Morgan fingerprint density at radius 1 is 1.00 bits per heavy atom. The van der Waals surface area contributed by atoms with Crippen molar-refractivity contribution in [2.24, 2.45) is 0 Å². The largest absolute Gasteiger partial charge is 0.298 e. The molecule has 0 N–H and O–H groups in total. The average molecular weight is 168 g/mol. The summed E-state index contributed by atoms with van der Waals surface area (Å²) in [6.45, 7) is 7.24. The maximum atomic E-state index is 2.68. The van der Waals surface area contributed by atoms with Crippen LogP contribution in [0.3, 0.4) is 0 Å². The van der Waals surface area contributed by atoms with Gasteiger partial charge in [-0.25, -0.2) is 0 Å². The van der Waals surface area contributed by atoms with Gasteiger partial charge in [0.25, 0.3) is 0 Å². The molecule has 0 aromatic carbocycles. The second-order valence-corrected chi connectivity index (χ2v) is 4.55. The van der Waals surface area contributed by atoms with E-state index < -0.39 is 0 Å². The number of hydrogen-bond donors (Lipinski definition) is 0. The van der Waals surface area contributed by atoms with Crippen molar-refractivity contribution < 1.29 is 0 Å². The van der Waals surface area contributed by atoms with Crippen molar-refractivity contribution in [1.82, 2.24) is 9.80 Å². The number of likely N-dealkylation sites (N-methyl/N-ethyl adjacent to an activating group) is 1. The average Bonchev–Trinajstić information content (AvgIpc) is 2.81. The van der Waals surface area contributed by atoms with Crippen LogP contribution >= 0.6 is 0 Å². The minimum Gasteiger partial charge on any atom is -0.298 e. The van der Waals surface area contributed by atoms with Crippen molar-refractivity contribution in [3.8, 4) is 0 Å². The number of hydrogen-bond acceptors (Lipinski definition) is 2. The lowest BCUT2D eigenvalue weighted by atomic mass is 10.1. The predicted octanol–water partition coefficient (Wildman–Crippen LogP) is 1.17. The molecule has 2 rings (SSSR count). The summed E-state index contributed by atoms with van der Waals surface area (Å²) < 4.78 is 0. The highest BCUT2D eigenvalue weighted by atomic mass is 15.3. The first kappa shape index (κ1) is 8.52. The van der Waals surface area contributed by atoms with Gasteiger partial charge < -0.3 is 0 Å². The Morgan fingerprint density at radius 3 is 1.92 bits per heavy atom. The molecule has 2 atom stereocenters. The quantitative estimate of drug-likeness (QED) is 0.580. The van der Waals surface area contributed by atoms with Crippen LogP contribution in [0.2, 0.25) is 0 Å². The summed E-state index contributed by atoms with van der Waals surface area (Å²) in [5.74, 6) is 0. The molecule has 2 nitrogen and oxygen atoms in total. The summed E-state index contributed by atoms with van der Waals surface area (Å²) in [6.07, 6.45) is 2.90. The van der Waals surface area contributed by atoms with Gasteiger partial charge in [0.05, 0.1) is 0 Å². The number of rotatable bonds is 1. The van der Waals surface area contributed by atoms with E-state index in [-0.39, 0.29) is 0 Å². The van der Waals surface area contributed by atoms with E-state index in [1.807, 2.05) is 0 Å². The third-order valence-electron chi connectivity index (χ3n) is 3.45. The van der Waals surface area contributed by atoms with E-state index in [4.69, 9.17) is 0 Å². The van der Waals surface area contributed by atoms with Crippen LogP contribution in [0.4, 0.5) is 0 Å². The van der Waals surface area contributed by atoms with E-state index in [0.29, 0.717) is 0 Å². The molecule has 1 aliphatic heterocycles. The first-order valence-electron chi connectivity index (χ1n) is 5.14. The maximum Gasteiger partial charge on any atom is 0.0195 e. The molecule has 0 radical (unpaired) electrons. The SMILES string of the molecule is CC1CN(C2CC2)CC(C)N1C. The van der Waals surface area contributed by atoms with Crippen LogP contribution in [-0.2, 0) is 0 Å². The highest BCUT2D eigenvalue weighted by Crippen LogP contribution is 2.29. The molecule has 1 saturated heterocycles. The van der Waals surface area contributed by atoms with Crippen molar-refractivity contribution in [3.05, 3.63) is 0 Å². The number of nitrogens with zero attached hydrogens (tertiary/aromatic N) is 2. The van der Waals surface area contributed by atoms with Crippen molar-refractivity contribution in [1.29, 1.82) is 0 Å². The lowest BCUT2D eigenvalue weighted by Crippen LogP contribution is -2.55. The Bertz CT molecular complexity index is 153. The second kappa shape index (κ2) is 3.00. The highest BCUT2D eigenvalue weighted by Gasteiger charge is 2.35. The molecule has 12 heavy (non-hydrogen) atoms. The van der Waals surface area contributed by atoms with Crippen LogP contribution < -0.4 is 0 Å². The van der Waals surface area contributed by atoms with Gasteiger partial charge >= 0.3 is 0 Å². The van der Waals surface area contributed by atoms with Crippen LogP contribution in [0.5, 0.6) is 0 Å². The molecular weight excluding hydrogens is 148 g/mol. The molecule has 2 unspecified atom stereocenters. The molecule has 1 aliphatic carbocycles. The monoisotopic (exact) mass is 168 g/mol. The van der Waals surface area contributed by atoms with Crippen molar-refractivity contribution in [3.63, 3.8) is 0 Å². The molecule has 0 aromatic rings. The molecule has 1 heterocycles. The van der Waals surface area contributed by atoms with Crippen LogP contribution in [-0.4, -0.2) is 48.1 Å². The molecule has 0 aromatic heterocycles. The van der Waals surface area contributed by atoms with Gasteiger partial charge in [0.2, 0.25) is 0 Å². The zero-order valence-corrected chi connectivity index (χ0v) is 8.45. The zero-order chi connectivity index (χ0) is 8.72. The second-order valence-electron chi connectivity index (χ2n) is 4.55. The topological polar surface area (TPSA) is 6.48 Å². The predicted molar refractivity (Wildman–Crippen MR) is 51.3 cm³/mol. The van der Waals surface area contributed by atoms with E-state index in [9.17, 15) is 0 Å². The summed E-state index contributed by atoms with van der Waals surface area (Å²) in [6, 6.07) is 2.44. The zero-order valence-electron chi connectivity index (χ0n) is 8.45. The Labute approximate surface area is 75.5 Å². The van der Waals surface area contributed by atoms with E-state index >= 15 is 0 Å².